The van der Waals surface area contributed by atoms with Crippen molar-refractivity contribution in [1.29, 1.82) is 0 Å². The van der Waals surface area contributed by atoms with Crippen molar-refractivity contribution in [3.05, 3.63) is 18.2 Å². The third-order valence-corrected chi connectivity index (χ3v) is 5.62. The summed E-state index contributed by atoms with van der Waals surface area (Å²) >= 11 is 0. The van der Waals surface area contributed by atoms with Gasteiger partial charge in [0.15, 0.2) is 0 Å². The van der Waals surface area contributed by atoms with Crippen molar-refractivity contribution in [1.82, 2.24) is 4.31 Å². The van der Waals surface area contributed by atoms with Crippen LogP contribution in [-0.2, 0) is 14.8 Å². The molecule has 2 rings (SSSR count). The first-order valence-electron chi connectivity index (χ1n) is 6.70. The zero-order valence-corrected chi connectivity index (χ0v) is 12.9. The topological polar surface area (TPSA) is 72.9 Å². The van der Waals surface area contributed by atoms with Gasteiger partial charge in [-0.15, -0.1) is 0 Å². The molecule has 1 fully saturated rings. The number of hydrogen-bond acceptors (Lipinski definition) is 5. The molecule has 0 aromatic heterocycles. The Balaban J connectivity index is 2.29. The molecule has 0 radical (unpaired) electrons. The summed E-state index contributed by atoms with van der Waals surface area (Å²) in [5, 5.41) is 0. The maximum Gasteiger partial charge on any atom is 0.246 e. The molecule has 21 heavy (non-hydrogen) atoms. The summed E-state index contributed by atoms with van der Waals surface area (Å²) in [6, 6.07) is 4.62. The Morgan fingerprint density at radius 2 is 1.86 bits per heavy atom. The third-order valence-electron chi connectivity index (χ3n) is 3.68. The molecule has 1 aromatic rings. The smallest absolute Gasteiger partial charge is 0.246 e. The fourth-order valence-corrected chi connectivity index (χ4v) is 3.99. The molecule has 6 nitrogen and oxygen atoms in total. The van der Waals surface area contributed by atoms with Crippen LogP contribution in [0.5, 0.6) is 11.5 Å². The second kappa shape index (κ2) is 6.44. The number of nitrogens with zero attached hydrogens (tertiary/aromatic N) is 1. The van der Waals surface area contributed by atoms with Crippen molar-refractivity contribution >= 4 is 16.3 Å². The Morgan fingerprint density at radius 1 is 1.19 bits per heavy atom. The molecule has 0 bridgehead atoms. The molecule has 1 saturated heterocycles. The van der Waals surface area contributed by atoms with E-state index in [0.29, 0.717) is 31.7 Å². The summed E-state index contributed by atoms with van der Waals surface area (Å²) < 4.78 is 37.0. The summed E-state index contributed by atoms with van der Waals surface area (Å²) in [4.78, 5) is 10.9. The van der Waals surface area contributed by atoms with Crippen molar-refractivity contribution < 1.29 is 22.7 Å². The number of carbonyl (C=O) groups is 1. The molecule has 116 valence electrons. The molecule has 0 unspecified atom stereocenters. The van der Waals surface area contributed by atoms with Gasteiger partial charge in [0.1, 0.15) is 22.7 Å². The average Bonchev–Trinajstić information content (AvgIpc) is 2.54. The highest BCUT2D eigenvalue weighted by molar-refractivity contribution is 7.89. The maximum atomic E-state index is 12.7. The normalized spacial score (nSPS) is 17.4. The van der Waals surface area contributed by atoms with E-state index in [1.165, 1.54) is 24.6 Å². The monoisotopic (exact) mass is 313 g/mol. The van der Waals surface area contributed by atoms with Crippen LogP contribution in [0.2, 0.25) is 0 Å². The number of sulfonamides is 1. The summed E-state index contributed by atoms with van der Waals surface area (Å²) in [7, 11) is -0.694. The first-order valence-corrected chi connectivity index (χ1v) is 8.14. The third kappa shape index (κ3) is 3.19. The van der Waals surface area contributed by atoms with E-state index >= 15 is 0 Å². The molecule has 0 N–H and O–H groups in total. The average molecular weight is 313 g/mol. The Kier molecular flexibility index (Phi) is 4.84. The molecular formula is C14H19NO5S. The van der Waals surface area contributed by atoms with Gasteiger partial charge in [0.25, 0.3) is 0 Å². The highest BCUT2D eigenvalue weighted by Crippen LogP contribution is 2.32. The molecule has 0 saturated carbocycles. The molecule has 0 spiro atoms. The fraction of sp³-hybridized carbons (Fsp3) is 0.500. The number of piperidine rings is 1. The van der Waals surface area contributed by atoms with E-state index in [1.54, 1.807) is 12.1 Å². The minimum Gasteiger partial charge on any atom is -0.497 e. The van der Waals surface area contributed by atoms with Crippen LogP contribution < -0.4 is 9.47 Å². The van der Waals surface area contributed by atoms with Crippen LogP contribution in [0.15, 0.2) is 23.1 Å². The van der Waals surface area contributed by atoms with E-state index in [1.807, 2.05) is 0 Å². The SMILES string of the molecule is COc1ccc(S(=O)(=O)N2CCC(C=O)CC2)c(OC)c1. The number of aldehydes is 1. The van der Waals surface area contributed by atoms with E-state index in [0.717, 1.165) is 6.29 Å². The number of ether oxygens (including phenoxy) is 2. The lowest BCUT2D eigenvalue weighted by Gasteiger charge is -2.29. The van der Waals surface area contributed by atoms with E-state index in [4.69, 9.17) is 9.47 Å². The van der Waals surface area contributed by atoms with Gasteiger partial charge in [-0.1, -0.05) is 0 Å². The summed E-state index contributed by atoms with van der Waals surface area (Å²) in [6.45, 7) is 0.696. The van der Waals surface area contributed by atoms with Gasteiger partial charge in [-0.3, -0.25) is 0 Å². The quantitative estimate of drug-likeness (QED) is 0.766. The highest BCUT2D eigenvalue weighted by atomic mass is 32.2. The van der Waals surface area contributed by atoms with Crippen molar-refractivity contribution in [2.75, 3.05) is 27.3 Å². The molecule has 0 atom stereocenters. The maximum absolute atomic E-state index is 12.7. The molecule has 1 aliphatic heterocycles. The van der Waals surface area contributed by atoms with Crippen molar-refractivity contribution in [3.63, 3.8) is 0 Å². The van der Waals surface area contributed by atoms with Crippen LogP contribution in [0.25, 0.3) is 0 Å². The van der Waals surface area contributed by atoms with Crippen LogP contribution >= 0.6 is 0 Å². The summed E-state index contributed by atoms with van der Waals surface area (Å²) in [5.41, 5.74) is 0. The van der Waals surface area contributed by atoms with Crippen molar-refractivity contribution in [2.24, 2.45) is 5.92 Å². The number of benzene rings is 1. The van der Waals surface area contributed by atoms with E-state index < -0.39 is 10.0 Å². The second-order valence-corrected chi connectivity index (χ2v) is 6.80. The van der Waals surface area contributed by atoms with Crippen LogP contribution in [0, 0.1) is 5.92 Å². The van der Waals surface area contributed by atoms with Crippen LogP contribution in [0.4, 0.5) is 0 Å². The van der Waals surface area contributed by atoms with Gasteiger partial charge in [-0.2, -0.15) is 4.31 Å². The van der Waals surface area contributed by atoms with Crippen molar-refractivity contribution in [3.8, 4) is 11.5 Å². The largest absolute Gasteiger partial charge is 0.497 e. The van der Waals surface area contributed by atoms with Gasteiger partial charge >= 0.3 is 0 Å². The van der Waals surface area contributed by atoms with Crippen LogP contribution in [0.1, 0.15) is 12.8 Å². The lowest BCUT2D eigenvalue weighted by molar-refractivity contribution is -0.112. The fourth-order valence-electron chi connectivity index (χ4n) is 2.38. The van der Waals surface area contributed by atoms with Crippen LogP contribution in [-0.4, -0.2) is 46.3 Å². The summed E-state index contributed by atoms with van der Waals surface area (Å²) in [6.07, 6.45) is 2.01. The van der Waals surface area contributed by atoms with Gasteiger partial charge in [0.05, 0.1) is 14.2 Å². The Bertz CT molecular complexity index is 606. The summed E-state index contributed by atoms with van der Waals surface area (Å²) in [5.74, 6) is 0.742. The lowest BCUT2D eigenvalue weighted by Crippen LogP contribution is -2.38. The van der Waals surface area contributed by atoms with Gasteiger partial charge in [-0.25, -0.2) is 8.42 Å². The van der Waals surface area contributed by atoms with Gasteiger partial charge < -0.3 is 14.3 Å². The van der Waals surface area contributed by atoms with E-state index in [2.05, 4.69) is 0 Å². The van der Waals surface area contributed by atoms with E-state index in [-0.39, 0.29) is 16.6 Å². The molecule has 1 aromatic carbocycles. The Labute approximate surface area is 124 Å². The van der Waals surface area contributed by atoms with Crippen molar-refractivity contribution in [2.45, 2.75) is 17.7 Å². The predicted molar refractivity (Wildman–Crippen MR) is 77.1 cm³/mol. The molecular weight excluding hydrogens is 294 g/mol. The molecule has 1 aliphatic rings. The number of hydrogen-bond donors (Lipinski definition) is 0. The standard InChI is InChI=1S/C14H19NO5S/c1-19-12-3-4-14(13(9-12)20-2)21(17,18)15-7-5-11(10-16)6-8-15/h3-4,9-11H,5-8H2,1-2H3. The number of rotatable bonds is 5. The van der Waals surface area contributed by atoms with Gasteiger partial charge in [0.2, 0.25) is 10.0 Å². The Hall–Kier alpha value is -1.60. The Morgan fingerprint density at radius 3 is 2.38 bits per heavy atom. The second-order valence-electron chi connectivity index (χ2n) is 4.89. The van der Waals surface area contributed by atoms with Crippen LogP contribution in [0.3, 0.4) is 0 Å². The molecule has 7 heteroatoms. The molecule has 0 amide bonds. The zero-order chi connectivity index (χ0) is 15.5. The predicted octanol–water partition coefficient (Wildman–Crippen LogP) is 1.30. The minimum atomic E-state index is -3.62. The number of methoxy groups -OCH3 is 2. The highest BCUT2D eigenvalue weighted by Gasteiger charge is 2.31. The minimum absolute atomic E-state index is 0.0470. The molecule has 1 heterocycles. The van der Waals surface area contributed by atoms with Gasteiger partial charge in [-0.05, 0) is 25.0 Å². The number of carbonyl (C=O) groups excluding carboxylic acids is 1. The first kappa shape index (κ1) is 15.8. The molecule has 0 aliphatic carbocycles. The van der Waals surface area contributed by atoms with Gasteiger partial charge in [0, 0.05) is 25.1 Å². The lowest BCUT2D eigenvalue weighted by atomic mass is 10.0. The first-order chi connectivity index (χ1) is 10.0. The van der Waals surface area contributed by atoms with E-state index in [9.17, 15) is 13.2 Å². The zero-order valence-electron chi connectivity index (χ0n) is 12.1.